The molecule has 0 fully saturated rings. The maximum atomic E-state index is 2.29. The Morgan fingerprint density at radius 2 is 0.917 bits per heavy atom. The van der Waals surface area contributed by atoms with Crippen LogP contribution in [0.25, 0.3) is 0 Å². The Bertz CT molecular complexity index is 332. The Kier molecular flexibility index (Phi) is 22.8. The number of unbranched alkanes of at least 4 members (excludes halogenated alkanes) is 13. The van der Waals surface area contributed by atoms with E-state index in [1.54, 1.807) is 0 Å². The molecule has 0 saturated carbocycles. The second kappa shape index (κ2) is 21.0. The number of aryl methyl sites for hydroxylation is 1. The zero-order valence-corrected chi connectivity index (χ0v) is 18.0. The fraction of sp³-hybridized carbons (Fsp3) is 0.762. The van der Waals surface area contributed by atoms with Gasteiger partial charge in [0.05, 0.1) is 0 Å². The summed E-state index contributed by atoms with van der Waals surface area (Å²) >= 11 is 0. The van der Waals surface area contributed by atoms with Crippen molar-refractivity contribution < 1.29 is 34.0 Å². The van der Waals surface area contributed by atoms with E-state index in [4.69, 9.17) is 0 Å². The van der Waals surface area contributed by atoms with Gasteiger partial charge in [-0.15, -0.1) is 0 Å². The summed E-state index contributed by atoms with van der Waals surface area (Å²) in [6.45, 7) is 3.47. The molecule has 0 unspecified atom stereocenters. The van der Waals surface area contributed by atoms with Crippen molar-refractivity contribution >= 4 is 0 Å². The van der Waals surface area contributed by atoms with Gasteiger partial charge < -0.3 is 29.4 Å². The van der Waals surface area contributed by atoms with Crippen LogP contribution in [0.3, 0.4) is 0 Å². The second-order valence-corrected chi connectivity index (χ2v) is 6.71. The lowest BCUT2D eigenvalue weighted by molar-refractivity contribution is -0.697. The average Bonchev–Trinajstić information content (AvgIpc) is 2.56. The van der Waals surface area contributed by atoms with Gasteiger partial charge in [0.1, 0.15) is 6.54 Å². The van der Waals surface area contributed by atoms with Gasteiger partial charge in [0.2, 0.25) is 0 Å². The van der Waals surface area contributed by atoms with E-state index in [9.17, 15) is 0 Å². The van der Waals surface area contributed by atoms with E-state index in [2.05, 4.69) is 42.1 Å². The molecule has 0 atom stereocenters. The molecule has 24 heavy (non-hydrogen) atoms. The summed E-state index contributed by atoms with van der Waals surface area (Å²) < 4.78 is 2.29. The smallest absolute Gasteiger partial charge is 0.168 e. The van der Waals surface area contributed by atoms with E-state index in [1.165, 1.54) is 96.4 Å². The van der Waals surface area contributed by atoms with Crippen LogP contribution in [-0.4, -0.2) is 0 Å². The van der Waals surface area contributed by atoms with Crippen molar-refractivity contribution in [1.29, 1.82) is 0 Å². The molecule has 0 radical (unpaired) electrons. The first-order valence-corrected chi connectivity index (χ1v) is 9.87. The van der Waals surface area contributed by atoms with Crippen molar-refractivity contribution in [3.63, 3.8) is 0 Å². The molecule has 3 heteroatoms. The molecule has 0 N–H and O–H groups in total. The SMILES string of the molecule is CCCCCCCCCCCCCCCC[n+]1ccccc1.[Br-].[Cl-]. The van der Waals surface area contributed by atoms with Crippen LogP contribution in [-0.2, 0) is 6.54 Å². The van der Waals surface area contributed by atoms with Gasteiger partial charge in [-0.25, -0.2) is 4.57 Å². The summed E-state index contributed by atoms with van der Waals surface area (Å²) in [5.41, 5.74) is 0. The Hall–Kier alpha value is -0.0800. The predicted molar refractivity (Wildman–Crippen MR) is 96.9 cm³/mol. The molecule has 0 aliphatic rings. The van der Waals surface area contributed by atoms with Crippen LogP contribution in [0, 0.1) is 0 Å². The highest BCUT2D eigenvalue weighted by molar-refractivity contribution is 4.83. The van der Waals surface area contributed by atoms with E-state index in [0.717, 1.165) is 0 Å². The van der Waals surface area contributed by atoms with Crippen molar-refractivity contribution in [2.45, 2.75) is 103 Å². The standard InChI is InChI=1S/C21H38N.BrH.ClH/c1-2-3-4-5-6-7-8-9-10-11-12-13-14-16-19-22-20-17-15-18-21-22;;/h15,17-18,20-21H,2-14,16,19H2,1H3;2*1H/q+1;;/p-2. The minimum Gasteiger partial charge on any atom is -1.00 e. The minimum atomic E-state index is 0. The lowest BCUT2D eigenvalue weighted by atomic mass is 10.0. The van der Waals surface area contributed by atoms with Crippen molar-refractivity contribution in [3.8, 4) is 0 Å². The topological polar surface area (TPSA) is 3.88 Å². The van der Waals surface area contributed by atoms with E-state index in [-0.39, 0.29) is 29.4 Å². The van der Waals surface area contributed by atoms with Gasteiger partial charge in [0.15, 0.2) is 12.4 Å². The maximum absolute atomic E-state index is 2.29. The number of hydrogen-bond donors (Lipinski definition) is 0. The Morgan fingerprint density at radius 3 is 1.33 bits per heavy atom. The molecule has 0 amide bonds. The zero-order valence-electron chi connectivity index (χ0n) is 15.7. The summed E-state index contributed by atoms with van der Waals surface area (Å²) in [6, 6.07) is 6.31. The fourth-order valence-corrected chi connectivity index (χ4v) is 3.07. The molecule has 1 nitrogen and oxygen atoms in total. The molecule has 0 aromatic carbocycles. The lowest BCUT2D eigenvalue weighted by Crippen LogP contribution is -3.00. The van der Waals surface area contributed by atoms with Crippen LogP contribution in [0.5, 0.6) is 0 Å². The predicted octanol–water partition coefficient (Wildman–Crippen LogP) is 0.463. The van der Waals surface area contributed by atoms with Crippen LogP contribution >= 0.6 is 0 Å². The summed E-state index contributed by atoms with van der Waals surface area (Å²) in [6.07, 6.45) is 24.4. The summed E-state index contributed by atoms with van der Waals surface area (Å²) in [4.78, 5) is 0. The molecule has 1 heterocycles. The van der Waals surface area contributed by atoms with E-state index >= 15 is 0 Å². The van der Waals surface area contributed by atoms with E-state index in [0.29, 0.717) is 0 Å². The van der Waals surface area contributed by atoms with Gasteiger partial charge in [-0.1, -0.05) is 90.0 Å². The highest BCUT2D eigenvalue weighted by Crippen LogP contribution is 2.12. The van der Waals surface area contributed by atoms with Crippen LogP contribution in [0.15, 0.2) is 30.6 Å². The van der Waals surface area contributed by atoms with Crippen molar-refractivity contribution in [2.24, 2.45) is 0 Å². The lowest BCUT2D eigenvalue weighted by Gasteiger charge is -2.02. The monoisotopic (exact) mass is 418 g/mol. The van der Waals surface area contributed by atoms with Crippen molar-refractivity contribution in [1.82, 2.24) is 0 Å². The molecular weight excluding hydrogens is 382 g/mol. The van der Waals surface area contributed by atoms with Crippen LogP contribution in [0.1, 0.15) is 96.8 Å². The molecule has 0 aliphatic heterocycles. The molecule has 0 bridgehead atoms. The molecule has 1 aromatic heterocycles. The fourth-order valence-electron chi connectivity index (χ4n) is 3.07. The molecule has 0 aliphatic carbocycles. The normalized spacial score (nSPS) is 10.0. The van der Waals surface area contributed by atoms with Gasteiger partial charge >= 0.3 is 0 Å². The first-order valence-electron chi connectivity index (χ1n) is 9.87. The van der Waals surface area contributed by atoms with Crippen LogP contribution in [0.4, 0.5) is 0 Å². The number of aromatic nitrogens is 1. The largest absolute Gasteiger partial charge is 1.00 e. The van der Waals surface area contributed by atoms with Crippen molar-refractivity contribution in [2.75, 3.05) is 0 Å². The van der Waals surface area contributed by atoms with Gasteiger partial charge in [-0.05, 0) is 6.42 Å². The van der Waals surface area contributed by atoms with Crippen LogP contribution < -0.4 is 34.0 Å². The quantitative estimate of drug-likeness (QED) is 0.287. The molecule has 1 rings (SSSR count). The average molecular weight is 420 g/mol. The minimum absolute atomic E-state index is 0. The maximum Gasteiger partial charge on any atom is 0.168 e. The third kappa shape index (κ3) is 16.8. The summed E-state index contributed by atoms with van der Waals surface area (Å²) in [7, 11) is 0. The summed E-state index contributed by atoms with van der Waals surface area (Å²) in [5, 5.41) is 0. The first kappa shape index (κ1) is 26.2. The number of hydrogen-bond acceptors (Lipinski definition) is 0. The molecular formula is C21H38BrClN-. The van der Waals surface area contributed by atoms with Gasteiger partial charge in [-0.2, -0.15) is 0 Å². The third-order valence-electron chi connectivity index (χ3n) is 4.55. The Balaban J connectivity index is 0. The number of rotatable bonds is 15. The summed E-state index contributed by atoms with van der Waals surface area (Å²) in [5.74, 6) is 0. The van der Waals surface area contributed by atoms with Crippen LogP contribution in [0.2, 0.25) is 0 Å². The van der Waals surface area contributed by atoms with E-state index in [1.807, 2.05) is 0 Å². The van der Waals surface area contributed by atoms with Gasteiger partial charge in [-0.3, -0.25) is 0 Å². The van der Waals surface area contributed by atoms with E-state index < -0.39 is 0 Å². The highest BCUT2D eigenvalue weighted by Gasteiger charge is 1.98. The third-order valence-corrected chi connectivity index (χ3v) is 4.55. The Morgan fingerprint density at radius 1 is 0.542 bits per heavy atom. The number of halogens is 2. The number of pyridine rings is 1. The van der Waals surface area contributed by atoms with Crippen molar-refractivity contribution in [3.05, 3.63) is 30.6 Å². The molecule has 142 valence electrons. The number of nitrogens with zero attached hydrogens (tertiary/aromatic N) is 1. The van der Waals surface area contributed by atoms with Gasteiger partial charge in [0, 0.05) is 18.6 Å². The molecule has 1 aromatic rings. The Labute approximate surface area is 167 Å². The highest BCUT2D eigenvalue weighted by atomic mass is 79.9. The molecule has 0 saturated heterocycles. The van der Waals surface area contributed by atoms with Gasteiger partial charge in [0.25, 0.3) is 0 Å². The molecule has 0 spiro atoms. The zero-order chi connectivity index (χ0) is 15.7. The second-order valence-electron chi connectivity index (χ2n) is 6.71. The first-order chi connectivity index (χ1) is 10.9.